The number of pyridine rings is 1. The molecule has 2 aromatic heterocycles. The fourth-order valence-electron chi connectivity index (χ4n) is 3.59. The van der Waals surface area contributed by atoms with Crippen molar-refractivity contribution in [3.8, 4) is 11.8 Å². The van der Waals surface area contributed by atoms with E-state index in [0.29, 0.717) is 25.9 Å². The fraction of sp³-hybridized carbons (Fsp3) is 0.200. The molecule has 4 aromatic rings. The summed E-state index contributed by atoms with van der Waals surface area (Å²) >= 11 is 15.6. The Kier molecular flexibility index (Phi) is 10.1. The maximum atomic E-state index is 13.8. The molecule has 15 heteroatoms. The lowest BCUT2D eigenvalue weighted by atomic mass is 10.2. The molecule has 0 spiro atoms. The lowest BCUT2D eigenvalue weighted by molar-refractivity contribution is -0.696. The smallest absolute Gasteiger partial charge is 0.391 e. The first-order valence-corrected chi connectivity index (χ1v) is 17.6. The van der Waals surface area contributed by atoms with Gasteiger partial charge in [0.25, 0.3) is 10.0 Å². The van der Waals surface area contributed by atoms with E-state index in [0.717, 1.165) is 53.8 Å². The van der Waals surface area contributed by atoms with E-state index < -0.39 is 29.7 Å². The Morgan fingerprint density at radius 3 is 2.65 bits per heavy atom. The second-order valence-corrected chi connectivity index (χ2v) is 15.2. The van der Waals surface area contributed by atoms with Crippen LogP contribution in [0.2, 0.25) is 10.0 Å². The predicted molar refractivity (Wildman–Crippen MR) is 156 cm³/mol. The molecule has 210 valence electrons. The molecule has 8 nitrogen and oxygen atoms in total. The summed E-state index contributed by atoms with van der Waals surface area (Å²) in [4.78, 5) is 10.1. The van der Waals surface area contributed by atoms with Gasteiger partial charge in [0.05, 0.1) is 20.3 Å². The van der Waals surface area contributed by atoms with Crippen molar-refractivity contribution in [3.05, 3.63) is 87.9 Å². The van der Waals surface area contributed by atoms with Crippen molar-refractivity contribution in [2.45, 2.75) is 22.9 Å². The average Bonchev–Trinajstić information content (AvgIpc) is 3.38. The number of hydrogen-bond acceptors (Lipinski definition) is 7. The highest BCUT2D eigenvalue weighted by Gasteiger charge is 2.28. The largest absolute Gasteiger partial charge is 0.424 e. The lowest BCUT2D eigenvalue weighted by Crippen LogP contribution is -2.32. The fourth-order valence-corrected chi connectivity index (χ4v) is 9.20. The number of halogens is 3. The number of fused-ring (bicyclic) bond motifs is 1. The summed E-state index contributed by atoms with van der Waals surface area (Å²) in [6.07, 6.45) is 4.00. The minimum absolute atomic E-state index is 0.152. The number of nitrogens with one attached hydrogen (secondary N) is 1. The summed E-state index contributed by atoms with van der Waals surface area (Å²) in [7, 11) is -8.82. The first-order valence-electron chi connectivity index (χ1n) is 11.6. The molecule has 1 unspecified atom stereocenters. The van der Waals surface area contributed by atoms with Gasteiger partial charge in [0, 0.05) is 35.8 Å². The molecule has 0 aliphatic rings. The summed E-state index contributed by atoms with van der Waals surface area (Å²) in [5.74, 6) is 0.208. The second kappa shape index (κ2) is 13.2. The van der Waals surface area contributed by atoms with Crippen molar-refractivity contribution >= 4 is 74.0 Å². The summed E-state index contributed by atoms with van der Waals surface area (Å²) in [5, 5.41) is 9.99. The van der Waals surface area contributed by atoms with E-state index in [1.54, 1.807) is 23.9 Å². The molecule has 4 rings (SSSR count). The van der Waals surface area contributed by atoms with Crippen LogP contribution in [0, 0.1) is 17.1 Å². The van der Waals surface area contributed by atoms with Gasteiger partial charge in [-0.25, -0.2) is 21.9 Å². The number of hydrogen-bond donors (Lipinski definition) is 2. The Morgan fingerprint density at radius 1 is 1.20 bits per heavy atom. The summed E-state index contributed by atoms with van der Waals surface area (Å²) < 4.78 is 61.5. The predicted octanol–water partition coefficient (Wildman–Crippen LogP) is 6.33. The molecule has 2 heterocycles. The Hall–Kier alpha value is -2.20. The number of benzene rings is 2. The molecule has 40 heavy (non-hydrogen) atoms. The highest BCUT2D eigenvalue weighted by Crippen LogP contribution is 2.44. The number of thioether (sulfide) groups is 1. The quantitative estimate of drug-likeness (QED) is 0.103. The topological polar surface area (TPSA) is 120 Å². The highest BCUT2D eigenvalue weighted by atomic mass is 35.5. The summed E-state index contributed by atoms with van der Waals surface area (Å²) in [6, 6.07) is 13.6. The molecule has 0 aliphatic heterocycles. The van der Waals surface area contributed by atoms with Gasteiger partial charge in [-0.2, -0.15) is 21.7 Å². The molecular formula is C25H22Cl2FN3O5PS3+. The number of thiophene rings is 1. The highest BCUT2D eigenvalue weighted by molar-refractivity contribution is 7.98. The molecule has 0 radical (unpaired) electrons. The first kappa shape index (κ1) is 30.8. The van der Waals surface area contributed by atoms with Crippen molar-refractivity contribution in [2.75, 3.05) is 12.0 Å². The van der Waals surface area contributed by atoms with Crippen LogP contribution in [0.1, 0.15) is 17.5 Å². The zero-order valence-corrected chi connectivity index (χ0v) is 25.4. The van der Waals surface area contributed by atoms with Crippen molar-refractivity contribution < 1.29 is 31.4 Å². The maximum absolute atomic E-state index is 13.8. The van der Waals surface area contributed by atoms with Crippen LogP contribution < -0.4 is 13.8 Å². The molecule has 0 bridgehead atoms. The maximum Gasteiger partial charge on any atom is 0.391 e. The van der Waals surface area contributed by atoms with Gasteiger partial charge < -0.3 is 9.42 Å². The zero-order chi connectivity index (χ0) is 28.9. The normalized spacial score (nSPS) is 13.2. The Balaban J connectivity index is 1.41. The van der Waals surface area contributed by atoms with Gasteiger partial charge in [-0.1, -0.05) is 29.3 Å². The van der Waals surface area contributed by atoms with Crippen molar-refractivity contribution in [3.63, 3.8) is 0 Å². The third-order valence-corrected chi connectivity index (χ3v) is 11.8. The van der Waals surface area contributed by atoms with Crippen molar-refractivity contribution in [1.29, 1.82) is 5.26 Å². The Morgan fingerprint density at radius 2 is 1.95 bits per heavy atom. The summed E-state index contributed by atoms with van der Waals surface area (Å²) in [5.41, 5.74) is 0.501. The SMILES string of the molecule is N#Cc1ccc(OP(=O)(O)CNS(=O)(=O)c2cc3c(Cl)c(CSCCC[n+]4ccccc4)cc(Cl)c3s2)cc1F. The minimum Gasteiger partial charge on any atom is -0.424 e. The van der Waals surface area contributed by atoms with Crippen LogP contribution in [0.25, 0.3) is 10.1 Å². The minimum atomic E-state index is -4.57. The molecule has 0 saturated carbocycles. The van der Waals surface area contributed by atoms with Gasteiger partial charge in [-0.05, 0) is 35.6 Å². The van der Waals surface area contributed by atoms with Crippen LogP contribution in [0.3, 0.4) is 0 Å². The number of rotatable bonds is 12. The number of sulfonamides is 1. The van der Waals surface area contributed by atoms with Gasteiger partial charge in [-0.3, -0.25) is 0 Å². The standard InChI is InChI=1S/C25H21Cl2FN3O5PS3/c26-21-11-18(15-38-10-4-9-31-7-2-1-3-8-31)24(27)20-13-23(39-25(20)21)40(34,35)30-16-37(32,33)36-19-6-5-17(14-29)22(28)12-19/h1-3,5-8,11-13,30H,4,9-10,15-16H2/p+1. The molecule has 1 atom stereocenters. The Bertz CT molecular complexity index is 1730. The van der Waals surface area contributed by atoms with Gasteiger partial charge in [0.15, 0.2) is 12.4 Å². The van der Waals surface area contributed by atoms with Gasteiger partial charge >= 0.3 is 7.60 Å². The molecular weight excluding hydrogens is 639 g/mol. The van der Waals surface area contributed by atoms with Crippen molar-refractivity contribution in [1.82, 2.24) is 4.72 Å². The molecule has 0 amide bonds. The molecule has 2 N–H and O–H groups in total. The summed E-state index contributed by atoms with van der Waals surface area (Å²) in [6.45, 7) is 0.885. The monoisotopic (exact) mass is 660 g/mol. The number of aromatic nitrogens is 1. The van der Waals surface area contributed by atoms with E-state index in [2.05, 4.69) is 9.29 Å². The van der Waals surface area contributed by atoms with Gasteiger partial charge in [0.1, 0.15) is 34.7 Å². The van der Waals surface area contributed by atoms with E-state index in [4.69, 9.17) is 33.0 Å². The van der Waals surface area contributed by atoms with Crippen LogP contribution in [0.15, 0.2) is 65.1 Å². The molecule has 2 aromatic carbocycles. The van der Waals surface area contributed by atoms with Gasteiger partial charge in [-0.15, -0.1) is 11.3 Å². The van der Waals surface area contributed by atoms with E-state index in [1.807, 2.05) is 30.6 Å². The van der Waals surface area contributed by atoms with E-state index in [9.17, 15) is 22.3 Å². The van der Waals surface area contributed by atoms with E-state index in [1.165, 1.54) is 6.07 Å². The number of nitrogens with zero attached hydrogens (tertiary/aromatic N) is 2. The molecule has 0 fully saturated rings. The second-order valence-electron chi connectivity index (χ2n) is 8.45. The molecule has 0 saturated heterocycles. The van der Waals surface area contributed by atoms with Crippen molar-refractivity contribution in [2.24, 2.45) is 0 Å². The van der Waals surface area contributed by atoms with Crippen LogP contribution in [0.5, 0.6) is 5.75 Å². The van der Waals surface area contributed by atoms with Crippen LogP contribution in [-0.4, -0.2) is 25.3 Å². The van der Waals surface area contributed by atoms with Crippen LogP contribution >= 0.6 is 53.9 Å². The van der Waals surface area contributed by atoms with Crippen LogP contribution in [0.4, 0.5) is 4.39 Å². The van der Waals surface area contributed by atoms with E-state index >= 15 is 0 Å². The number of nitriles is 1. The molecule has 0 aliphatic carbocycles. The van der Waals surface area contributed by atoms with Gasteiger partial charge in [0.2, 0.25) is 0 Å². The third kappa shape index (κ3) is 7.75. The van der Waals surface area contributed by atoms with E-state index in [-0.39, 0.29) is 15.5 Å². The number of aryl methyl sites for hydroxylation is 1. The lowest BCUT2D eigenvalue weighted by Gasteiger charge is -2.14. The third-order valence-electron chi connectivity index (χ3n) is 5.51. The first-order chi connectivity index (χ1) is 19.0. The zero-order valence-electron chi connectivity index (χ0n) is 20.6. The average molecular weight is 662 g/mol. The van der Waals surface area contributed by atoms with Crippen LogP contribution in [-0.2, 0) is 26.9 Å². The Labute approximate surface area is 248 Å².